The van der Waals surface area contributed by atoms with Crippen molar-refractivity contribution in [1.82, 2.24) is 15.1 Å². The number of thiophene rings is 1. The maximum Gasteiger partial charge on any atom is 0.257 e. The SMILES string of the molecule is CC1CC(C)CN(C(C)c2nnc(-c3cccs3)o2)C1. The van der Waals surface area contributed by atoms with Crippen LogP contribution in [0.5, 0.6) is 0 Å². The molecule has 3 unspecified atom stereocenters. The Labute approximate surface area is 123 Å². The molecule has 5 heteroatoms. The lowest BCUT2D eigenvalue weighted by Crippen LogP contribution is -2.40. The lowest BCUT2D eigenvalue weighted by molar-refractivity contribution is 0.0903. The van der Waals surface area contributed by atoms with E-state index in [9.17, 15) is 0 Å². The van der Waals surface area contributed by atoms with E-state index < -0.39 is 0 Å². The third-order valence-electron chi connectivity index (χ3n) is 3.97. The molecular formula is C15H21N3OS. The first-order valence-electron chi connectivity index (χ1n) is 7.25. The summed E-state index contributed by atoms with van der Waals surface area (Å²) in [6, 6.07) is 4.21. The fourth-order valence-electron chi connectivity index (χ4n) is 3.09. The summed E-state index contributed by atoms with van der Waals surface area (Å²) in [5.41, 5.74) is 0. The highest BCUT2D eigenvalue weighted by Crippen LogP contribution is 2.30. The third-order valence-corrected chi connectivity index (χ3v) is 4.83. The zero-order valence-corrected chi connectivity index (χ0v) is 13.1. The first-order valence-corrected chi connectivity index (χ1v) is 8.12. The molecule has 0 radical (unpaired) electrons. The number of hydrogen-bond donors (Lipinski definition) is 0. The molecule has 0 bridgehead atoms. The molecule has 0 saturated carbocycles. The average molecular weight is 291 g/mol. The first-order chi connectivity index (χ1) is 9.63. The summed E-state index contributed by atoms with van der Waals surface area (Å²) >= 11 is 1.63. The summed E-state index contributed by atoms with van der Waals surface area (Å²) in [6.45, 7) is 9.03. The van der Waals surface area contributed by atoms with Gasteiger partial charge in [-0.25, -0.2) is 0 Å². The van der Waals surface area contributed by atoms with Gasteiger partial charge in [0.1, 0.15) is 0 Å². The lowest BCUT2D eigenvalue weighted by atomic mass is 9.91. The molecular weight excluding hydrogens is 270 g/mol. The molecule has 3 heterocycles. The summed E-state index contributed by atoms with van der Waals surface area (Å²) in [6.07, 6.45) is 1.31. The predicted octanol–water partition coefficient (Wildman–Crippen LogP) is 3.84. The molecule has 0 aromatic carbocycles. The summed E-state index contributed by atoms with van der Waals surface area (Å²) in [5.74, 6) is 2.84. The topological polar surface area (TPSA) is 42.2 Å². The molecule has 2 aromatic rings. The summed E-state index contributed by atoms with van der Waals surface area (Å²) in [4.78, 5) is 3.50. The first kappa shape index (κ1) is 13.8. The van der Waals surface area contributed by atoms with Crippen LogP contribution in [0.1, 0.15) is 39.1 Å². The van der Waals surface area contributed by atoms with Crippen molar-refractivity contribution in [2.24, 2.45) is 11.8 Å². The van der Waals surface area contributed by atoms with Gasteiger partial charge in [-0.15, -0.1) is 21.5 Å². The van der Waals surface area contributed by atoms with E-state index >= 15 is 0 Å². The van der Waals surface area contributed by atoms with Gasteiger partial charge in [-0.3, -0.25) is 4.90 Å². The monoisotopic (exact) mass is 291 g/mol. The van der Waals surface area contributed by atoms with Crippen molar-refractivity contribution in [1.29, 1.82) is 0 Å². The Bertz CT molecular complexity index is 541. The Morgan fingerprint density at radius 1 is 1.30 bits per heavy atom. The van der Waals surface area contributed by atoms with Gasteiger partial charge in [0.05, 0.1) is 10.9 Å². The van der Waals surface area contributed by atoms with Crippen molar-refractivity contribution in [3.63, 3.8) is 0 Å². The van der Waals surface area contributed by atoms with E-state index in [1.807, 2.05) is 17.5 Å². The third kappa shape index (κ3) is 2.79. The van der Waals surface area contributed by atoms with Gasteiger partial charge in [-0.2, -0.15) is 0 Å². The van der Waals surface area contributed by atoms with Crippen molar-refractivity contribution < 1.29 is 4.42 Å². The number of likely N-dealkylation sites (tertiary alicyclic amines) is 1. The molecule has 108 valence electrons. The molecule has 0 amide bonds. The number of piperidine rings is 1. The van der Waals surface area contributed by atoms with Gasteiger partial charge in [0.25, 0.3) is 5.89 Å². The van der Waals surface area contributed by atoms with Crippen LogP contribution in [0.4, 0.5) is 0 Å². The minimum absolute atomic E-state index is 0.196. The van der Waals surface area contributed by atoms with Crippen molar-refractivity contribution >= 4 is 11.3 Å². The highest BCUT2D eigenvalue weighted by atomic mass is 32.1. The highest BCUT2D eigenvalue weighted by Gasteiger charge is 2.28. The summed E-state index contributed by atoms with van der Waals surface area (Å²) < 4.78 is 5.86. The predicted molar refractivity (Wildman–Crippen MR) is 80.5 cm³/mol. The van der Waals surface area contributed by atoms with Crippen LogP contribution in [0.3, 0.4) is 0 Å². The maximum absolute atomic E-state index is 5.86. The Morgan fingerprint density at radius 2 is 2.05 bits per heavy atom. The van der Waals surface area contributed by atoms with Crippen LogP contribution in [-0.2, 0) is 0 Å². The van der Waals surface area contributed by atoms with Gasteiger partial charge in [0.15, 0.2) is 0 Å². The standard InChI is InChI=1S/C15H21N3OS/c1-10-7-11(2)9-18(8-10)12(3)14-16-17-15(19-14)13-5-4-6-20-13/h4-6,10-12H,7-9H2,1-3H3. The van der Waals surface area contributed by atoms with Crippen molar-refractivity contribution in [2.75, 3.05) is 13.1 Å². The average Bonchev–Trinajstić information content (AvgIpc) is 3.07. The minimum atomic E-state index is 0.196. The number of nitrogens with zero attached hydrogens (tertiary/aromatic N) is 3. The zero-order valence-electron chi connectivity index (χ0n) is 12.2. The quantitative estimate of drug-likeness (QED) is 0.861. The minimum Gasteiger partial charge on any atom is -0.418 e. The van der Waals surface area contributed by atoms with Crippen LogP contribution in [-0.4, -0.2) is 28.2 Å². The van der Waals surface area contributed by atoms with Crippen LogP contribution in [0, 0.1) is 11.8 Å². The van der Waals surface area contributed by atoms with Crippen LogP contribution in [0.2, 0.25) is 0 Å². The molecule has 4 nitrogen and oxygen atoms in total. The second-order valence-electron chi connectivity index (χ2n) is 6.00. The molecule has 3 atom stereocenters. The number of hydrogen-bond acceptors (Lipinski definition) is 5. The Kier molecular flexibility index (Phi) is 3.89. The second kappa shape index (κ2) is 5.66. The summed E-state index contributed by atoms with van der Waals surface area (Å²) in [5, 5.41) is 10.4. The molecule has 20 heavy (non-hydrogen) atoms. The van der Waals surface area contributed by atoms with E-state index in [-0.39, 0.29) is 6.04 Å². The normalized spacial score (nSPS) is 25.8. The van der Waals surface area contributed by atoms with Crippen LogP contribution >= 0.6 is 11.3 Å². The van der Waals surface area contributed by atoms with E-state index in [0.29, 0.717) is 5.89 Å². The van der Waals surface area contributed by atoms with Crippen molar-refractivity contribution in [3.05, 3.63) is 23.4 Å². The molecule has 1 aliphatic rings. The van der Waals surface area contributed by atoms with Gasteiger partial charge < -0.3 is 4.42 Å². The zero-order chi connectivity index (χ0) is 14.1. The summed E-state index contributed by atoms with van der Waals surface area (Å²) in [7, 11) is 0. The molecule has 0 N–H and O–H groups in total. The fraction of sp³-hybridized carbons (Fsp3) is 0.600. The number of aromatic nitrogens is 2. The molecule has 2 aromatic heterocycles. The van der Waals surface area contributed by atoms with E-state index in [0.717, 1.165) is 35.7 Å². The van der Waals surface area contributed by atoms with Crippen LogP contribution in [0.15, 0.2) is 21.9 Å². The number of rotatable bonds is 3. The lowest BCUT2D eigenvalue weighted by Gasteiger charge is -2.37. The maximum atomic E-state index is 5.86. The molecule has 1 aliphatic heterocycles. The molecule has 1 saturated heterocycles. The Balaban J connectivity index is 1.75. The van der Waals surface area contributed by atoms with Gasteiger partial charge >= 0.3 is 0 Å². The van der Waals surface area contributed by atoms with Crippen molar-refractivity contribution in [3.8, 4) is 10.8 Å². The van der Waals surface area contributed by atoms with Gasteiger partial charge in [-0.05, 0) is 36.6 Å². The van der Waals surface area contributed by atoms with E-state index in [4.69, 9.17) is 4.42 Å². The molecule has 1 fully saturated rings. The highest BCUT2D eigenvalue weighted by molar-refractivity contribution is 7.13. The molecule has 3 rings (SSSR count). The smallest absolute Gasteiger partial charge is 0.257 e. The largest absolute Gasteiger partial charge is 0.418 e. The van der Waals surface area contributed by atoms with Gasteiger partial charge in [0.2, 0.25) is 5.89 Å². The van der Waals surface area contributed by atoms with E-state index in [1.165, 1.54) is 6.42 Å². The van der Waals surface area contributed by atoms with Crippen molar-refractivity contribution in [2.45, 2.75) is 33.2 Å². The molecule has 0 aliphatic carbocycles. The van der Waals surface area contributed by atoms with Crippen LogP contribution < -0.4 is 0 Å². The van der Waals surface area contributed by atoms with Gasteiger partial charge in [0, 0.05) is 13.1 Å². The van der Waals surface area contributed by atoms with Crippen LogP contribution in [0.25, 0.3) is 10.8 Å². The van der Waals surface area contributed by atoms with E-state index in [2.05, 4.69) is 35.9 Å². The van der Waals surface area contributed by atoms with Gasteiger partial charge in [-0.1, -0.05) is 19.9 Å². The second-order valence-corrected chi connectivity index (χ2v) is 6.95. The Hall–Kier alpha value is -1.20. The fourth-order valence-corrected chi connectivity index (χ4v) is 3.73. The molecule has 0 spiro atoms. The Morgan fingerprint density at radius 3 is 2.70 bits per heavy atom. The van der Waals surface area contributed by atoms with E-state index in [1.54, 1.807) is 11.3 Å².